The third-order valence-electron chi connectivity index (χ3n) is 2.04. The molecule has 0 aliphatic heterocycles. The number of aliphatic hydroxyl groups is 1. The van der Waals surface area contributed by atoms with Crippen LogP contribution in [0.15, 0.2) is 24.2 Å². The van der Waals surface area contributed by atoms with E-state index in [2.05, 4.69) is 4.98 Å². The van der Waals surface area contributed by atoms with Crippen LogP contribution in [0.5, 0.6) is 0 Å². The van der Waals surface area contributed by atoms with Crippen molar-refractivity contribution in [2.45, 2.75) is 19.4 Å². The Morgan fingerprint density at radius 2 is 2.38 bits per heavy atom. The van der Waals surface area contributed by atoms with Gasteiger partial charge in [-0.1, -0.05) is 11.6 Å². The number of anilines is 1. The van der Waals surface area contributed by atoms with Crippen LogP contribution in [0.1, 0.15) is 27.7 Å². The lowest BCUT2D eigenvalue weighted by Crippen LogP contribution is -2.19. The van der Waals surface area contributed by atoms with Gasteiger partial charge in [0.1, 0.15) is 5.60 Å². The van der Waals surface area contributed by atoms with E-state index in [9.17, 15) is 5.11 Å². The Balaban J connectivity index is 2.94. The molecule has 0 aliphatic rings. The number of nitrogen functional groups attached to an aromatic ring is 1. The van der Waals surface area contributed by atoms with Crippen molar-refractivity contribution >= 4 is 28.2 Å². The Labute approximate surface area is 107 Å². The molecule has 2 rings (SSSR count). The first-order chi connectivity index (χ1) is 9.89. The molecule has 0 bridgehead atoms. The number of nitrogens with two attached hydrogens (primary N) is 1. The van der Waals surface area contributed by atoms with Gasteiger partial charge in [0.2, 0.25) is 0 Å². The number of rotatable bonds is 1. The van der Waals surface area contributed by atoms with Crippen molar-refractivity contribution in [2.75, 3.05) is 5.73 Å². The molecule has 0 radical (unpaired) electrons. The minimum Gasteiger partial charge on any atom is -0.397 e. The van der Waals surface area contributed by atoms with Gasteiger partial charge in [-0.3, -0.25) is 0 Å². The van der Waals surface area contributed by atoms with Crippen molar-refractivity contribution < 1.29 is 13.3 Å². The fourth-order valence-electron chi connectivity index (χ4n) is 1.35. The van der Waals surface area contributed by atoms with E-state index in [0.717, 1.165) is 6.92 Å². The molecule has 1 aromatic carbocycles. The molecule has 0 fully saturated rings. The summed E-state index contributed by atoms with van der Waals surface area (Å²) in [6.45, 7) is -1.81. The molecule has 0 aliphatic carbocycles. The lowest BCUT2D eigenvalue weighted by molar-refractivity contribution is 0.0751. The highest BCUT2D eigenvalue weighted by atomic mass is 35.5. The summed E-state index contributed by atoms with van der Waals surface area (Å²) >= 11 is 5.82. The molecule has 2 aromatic rings. The van der Waals surface area contributed by atoms with Crippen LogP contribution in [0.4, 0.5) is 5.69 Å². The third kappa shape index (κ3) is 1.96. The van der Waals surface area contributed by atoms with Crippen LogP contribution < -0.4 is 5.73 Å². The molecular formula is C12H13ClN2O. The number of aromatic nitrogens is 1. The van der Waals surface area contributed by atoms with Gasteiger partial charge in [-0.2, -0.15) is 0 Å². The van der Waals surface area contributed by atoms with E-state index in [1.165, 1.54) is 6.07 Å². The lowest BCUT2D eigenvalue weighted by Gasteiger charge is -2.19. The smallest absolute Gasteiger partial charge is 0.103 e. The van der Waals surface area contributed by atoms with E-state index < -0.39 is 18.1 Å². The maximum Gasteiger partial charge on any atom is 0.103 e. The summed E-state index contributed by atoms with van der Waals surface area (Å²) in [6, 6.07) is 0.320. The third-order valence-corrected chi connectivity index (χ3v) is 2.24. The van der Waals surface area contributed by atoms with Gasteiger partial charge in [0, 0.05) is 14.5 Å². The minimum absolute atomic E-state index is 0.0393. The number of pyridine rings is 1. The molecule has 16 heavy (non-hydrogen) atoms. The predicted octanol–water partition coefficient (Wildman–Crippen LogP) is 2.70. The summed E-state index contributed by atoms with van der Waals surface area (Å²) in [5.41, 5.74) is 2.54. The van der Waals surface area contributed by atoms with Gasteiger partial charge in [0.05, 0.1) is 21.0 Å². The molecule has 0 saturated carbocycles. The quantitative estimate of drug-likeness (QED) is 0.808. The van der Waals surface area contributed by atoms with Gasteiger partial charge in [0.25, 0.3) is 0 Å². The topological polar surface area (TPSA) is 59.1 Å². The van der Waals surface area contributed by atoms with E-state index in [0.29, 0.717) is 0 Å². The zero-order chi connectivity index (χ0) is 17.0. The molecule has 3 N–H and O–H groups in total. The van der Waals surface area contributed by atoms with Crippen LogP contribution in [0, 0.1) is 0 Å². The normalized spacial score (nSPS) is 21.2. The number of fused-ring (bicyclic) bond motifs is 1. The van der Waals surface area contributed by atoms with E-state index >= 15 is 0 Å². The van der Waals surface area contributed by atoms with Crippen molar-refractivity contribution in [3.63, 3.8) is 0 Å². The molecule has 84 valence electrons. The molecule has 1 atom stereocenters. The van der Waals surface area contributed by atoms with Gasteiger partial charge >= 0.3 is 0 Å². The van der Waals surface area contributed by atoms with Gasteiger partial charge in [-0.25, -0.2) is 4.98 Å². The number of benzene rings is 1. The van der Waals surface area contributed by atoms with Crippen LogP contribution >= 0.6 is 11.6 Å². The van der Waals surface area contributed by atoms with Gasteiger partial charge in [-0.15, -0.1) is 0 Å². The molecule has 0 amide bonds. The highest BCUT2D eigenvalue weighted by molar-refractivity contribution is 6.31. The maximum atomic E-state index is 10.3. The van der Waals surface area contributed by atoms with E-state index in [1.54, 1.807) is 0 Å². The molecule has 0 spiro atoms. The molecular weight excluding hydrogens is 224 g/mol. The molecule has 1 aromatic heterocycles. The highest BCUT2D eigenvalue weighted by Crippen LogP contribution is 2.28. The van der Waals surface area contributed by atoms with Gasteiger partial charge < -0.3 is 10.8 Å². The standard InChI is InChI=1S/C12H13ClN2O/c1-12(2,16)11-9(14)6-7-5-8(13)3-4-10(7)15-11/h3-6,16H,14H2,1-2H3/i1D3,3D,4D,6D. The van der Waals surface area contributed by atoms with Crippen LogP contribution in [-0.4, -0.2) is 10.1 Å². The van der Waals surface area contributed by atoms with E-state index in [4.69, 9.17) is 25.6 Å². The average Bonchev–Trinajstić information content (AvgIpc) is 2.39. The summed E-state index contributed by atoms with van der Waals surface area (Å²) in [7, 11) is 0. The van der Waals surface area contributed by atoms with Crippen LogP contribution in [-0.2, 0) is 5.60 Å². The first-order valence-corrected chi connectivity index (χ1v) is 4.85. The summed E-state index contributed by atoms with van der Waals surface area (Å²) in [4.78, 5) is 3.95. The van der Waals surface area contributed by atoms with Crippen molar-refractivity contribution in [3.05, 3.63) is 34.9 Å². The first kappa shape index (κ1) is 5.84. The Morgan fingerprint density at radius 1 is 1.62 bits per heavy atom. The number of hydrogen-bond donors (Lipinski definition) is 2. The summed E-state index contributed by atoms with van der Waals surface area (Å²) in [5, 5.41) is 10.4. The van der Waals surface area contributed by atoms with Crippen LogP contribution in [0.2, 0.25) is 5.02 Å². The second kappa shape index (κ2) is 3.61. The summed E-state index contributed by atoms with van der Waals surface area (Å²) < 4.78 is 45.8. The van der Waals surface area contributed by atoms with Gasteiger partial charge in [0.15, 0.2) is 0 Å². The predicted molar refractivity (Wildman–Crippen MR) is 66.4 cm³/mol. The number of nitrogens with zero attached hydrogens (tertiary/aromatic N) is 1. The molecule has 0 saturated heterocycles. The van der Waals surface area contributed by atoms with E-state index in [1.807, 2.05) is 0 Å². The Kier molecular flexibility index (Phi) is 1.32. The second-order valence-corrected chi connectivity index (χ2v) is 3.98. The van der Waals surface area contributed by atoms with Gasteiger partial charge in [-0.05, 0) is 38.0 Å². The largest absolute Gasteiger partial charge is 0.397 e. The maximum absolute atomic E-state index is 10.3. The molecule has 4 heteroatoms. The lowest BCUT2D eigenvalue weighted by atomic mass is 10.0. The number of halogens is 1. The fourth-order valence-corrected chi connectivity index (χ4v) is 1.50. The Morgan fingerprint density at radius 3 is 3.06 bits per heavy atom. The SMILES string of the molecule is [2H]c1c(Cl)cc2c([2H])c(N)c(C(C)(O)C([2H])([2H])[2H])nc2c1[2H]. The average molecular weight is 243 g/mol. The van der Waals surface area contributed by atoms with Crippen molar-refractivity contribution in [1.82, 2.24) is 4.98 Å². The number of hydrogen-bond acceptors (Lipinski definition) is 3. The van der Waals surface area contributed by atoms with Crippen molar-refractivity contribution in [3.8, 4) is 0 Å². The monoisotopic (exact) mass is 242 g/mol. The Bertz CT molecular complexity index is 775. The molecule has 3 nitrogen and oxygen atoms in total. The molecule has 1 heterocycles. The summed E-state index contributed by atoms with van der Waals surface area (Å²) in [5.74, 6) is 0. The first-order valence-electron chi connectivity index (χ1n) is 7.48. The zero-order valence-electron chi connectivity index (χ0n) is 14.4. The minimum atomic E-state index is -2.83. The fraction of sp³-hybridized carbons (Fsp3) is 0.250. The van der Waals surface area contributed by atoms with E-state index in [-0.39, 0.29) is 39.7 Å². The van der Waals surface area contributed by atoms with Crippen LogP contribution in [0.25, 0.3) is 10.9 Å². The van der Waals surface area contributed by atoms with Crippen molar-refractivity contribution in [2.24, 2.45) is 0 Å². The zero-order valence-corrected chi connectivity index (χ0v) is 9.18. The second-order valence-electron chi connectivity index (χ2n) is 3.58. The highest BCUT2D eigenvalue weighted by Gasteiger charge is 2.21. The molecule has 1 unspecified atom stereocenters. The van der Waals surface area contributed by atoms with Crippen molar-refractivity contribution in [1.29, 1.82) is 0 Å². The van der Waals surface area contributed by atoms with Crippen LogP contribution in [0.3, 0.4) is 0 Å². The summed E-state index contributed by atoms with van der Waals surface area (Å²) in [6.07, 6.45) is 0. The Hall–Kier alpha value is -1.32.